The summed E-state index contributed by atoms with van der Waals surface area (Å²) in [5.41, 5.74) is 0. The first-order chi connectivity index (χ1) is 17.1. The molecule has 0 aromatic carbocycles. The predicted molar refractivity (Wildman–Crippen MR) is 142 cm³/mol. The molecule has 0 radical (unpaired) electrons. The molecule has 4 aliphatic carbocycles. The molecule has 6 fully saturated rings. The highest BCUT2D eigenvalue weighted by molar-refractivity contribution is 9.12. The van der Waals surface area contributed by atoms with Gasteiger partial charge in [0.05, 0.1) is 23.7 Å². The summed E-state index contributed by atoms with van der Waals surface area (Å²) in [7, 11) is 0. The van der Waals surface area contributed by atoms with E-state index in [1.807, 2.05) is 0 Å². The number of aliphatic carboxylic acids is 1. The average Bonchev–Trinajstić information content (AvgIpc) is 3.63. The van der Waals surface area contributed by atoms with E-state index in [1.165, 1.54) is 4.90 Å². The number of likely N-dealkylation sites (tertiary alicyclic amines) is 2. The van der Waals surface area contributed by atoms with Crippen molar-refractivity contribution in [1.29, 1.82) is 0 Å². The summed E-state index contributed by atoms with van der Waals surface area (Å²) in [5.74, 6) is -3.21. The molecule has 36 heavy (non-hydrogen) atoms. The molecule has 0 aromatic heterocycles. The normalized spacial score (nSPS) is 47.3. The van der Waals surface area contributed by atoms with E-state index in [0.29, 0.717) is 12.8 Å². The summed E-state index contributed by atoms with van der Waals surface area (Å²) in [6.45, 7) is 0.240. The van der Waals surface area contributed by atoms with Crippen molar-refractivity contribution in [2.45, 2.75) is 57.5 Å². The largest absolute Gasteiger partial charge is 0.480 e. The fraction of sp³-hybridized carbons (Fsp3) is 0.792. The van der Waals surface area contributed by atoms with Crippen LogP contribution in [0.3, 0.4) is 0 Å². The maximum absolute atomic E-state index is 13.2. The Morgan fingerprint density at radius 1 is 0.722 bits per heavy atom. The number of unbranched alkanes of at least 4 members (excludes halogenated alkanes) is 1. The van der Waals surface area contributed by atoms with Crippen molar-refractivity contribution in [2.24, 2.45) is 47.3 Å². The molecule has 13 atom stereocenters. The van der Waals surface area contributed by atoms with Gasteiger partial charge in [-0.15, -0.1) is 0 Å². The minimum atomic E-state index is -1.22. The van der Waals surface area contributed by atoms with Gasteiger partial charge in [0.25, 0.3) is 0 Å². The van der Waals surface area contributed by atoms with Crippen LogP contribution < -0.4 is 0 Å². The quantitative estimate of drug-likeness (QED) is 0.243. The van der Waals surface area contributed by atoms with Gasteiger partial charge in [-0.05, 0) is 55.8 Å². The van der Waals surface area contributed by atoms with Crippen molar-refractivity contribution in [1.82, 2.24) is 9.80 Å². The molecule has 0 unspecified atom stereocenters. The summed E-state index contributed by atoms with van der Waals surface area (Å²) < 4.78 is 0. The van der Waals surface area contributed by atoms with E-state index in [-0.39, 0.29) is 91.4 Å². The van der Waals surface area contributed by atoms with Crippen molar-refractivity contribution in [2.75, 3.05) is 6.54 Å². The molecule has 0 spiro atoms. The van der Waals surface area contributed by atoms with Crippen molar-refractivity contribution in [3.63, 3.8) is 0 Å². The third-order valence-corrected chi connectivity index (χ3v) is 16.2. The lowest BCUT2D eigenvalue weighted by molar-refractivity contribution is -0.155. The first-order valence-electron chi connectivity index (χ1n) is 12.6. The molecule has 4 bridgehead atoms. The van der Waals surface area contributed by atoms with Crippen molar-refractivity contribution >= 4 is 93.3 Å². The number of carbonyl (C=O) groups is 5. The monoisotopic (exact) mass is 754 g/mol. The molecule has 2 heterocycles. The third-order valence-electron chi connectivity index (χ3n) is 9.81. The number of alkyl halides is 4. The average molecular weight is 758 g/mol. The molecule has 2 saturated heterocycles. The lowest BCUT2D eigenvalue weighted by Crippen LogP contribution is -2.46. The maximum Gasteiger partial charge on any atom is 0.326 e. The van der Waals surface area contributed by atoms with Crippen molar-refractivity contribution in [3.8, 4) is 0 Å². The number of imide groups is 2. The first-order valence-corrected chi connectivity index (χ1v) is 16.2. The van der Waals surface area contributed by atoms with Gasteiger partial charge in [-0.2, -0.15) is 0 Å². The van der Waals surface area contributed by atoms with Crippen LogP contribution in [-0.4, -0.2) is 76.4 Å². The Bertz CT molecular complexity index is 994. The number of hydrogen-bond acceptors (Lipinski definition) is 5. The zero-order chi connectivity index (χ0) is 25.8. The Balaban J connectivity index is 1.09. The highest BCUT2D eigenvalue weighted by Crippen LogP contribution is 2.61. The van der Waals surface area contributed by atoms with Gasteiger partial charge < -0.3 is 5.11 Å². The SMILES string of the molecule is O=C(O)[C@H](CCCCN1C(=O)[C@@H]2[C@H]3C[C@@H]([C@H](Br)[C@@H]3Br)[C@@H]2C1=O)N1C(=O)[C@@H]2[C@H]3C[C@@H]([C@@H](Br)[C@H]3Br)[C@H]2C1=O. The lowest BCUT2D eigenvalue weighted by Gasteiger charge is -2.28. The van der Waals surface area contributed by atoms with Crippen LogP contribution in [0, 0.1) is 47.3 Å². The molecule has 4 saturated carbocycles. The van der Waals surface area contributed by atoms with Crippen LogP contribution in [0.4, 0.5) is 0 Å². The molecule has 12 heteroatoms. The Labute approximate surface area is 242 Å². The number of carboxylic acids is 1. The smallest absolute Gasteiger partial charge is 0.326 e. The molecule has 2 aliphatic heterocycles. The number of nitrogens with zero attached hydrogens (tertiary/aromatic N) is 2. The summed E-state index contributed by atoms with van der Waals surface area (Å²) in [5, 5.41) is 9.91. The number of halogens is 4. The molecule has 196 valence electrons. The van der Waals surface area contributed by atoms with Crippen LogP contribution in [-0.2, 0) is 24.0 Å². The van der Waals surface area contributed by atoms with Crippen LogP contribution in [0.15, 0.2) is 0 Å². The van der Waals surface area contributed by atoms with E-state index in [9.17, 15) is 29.1 Å². The standard InChI is InChI=1S/C24H26Br4N2O6/c25-16-7-5-8(17(16)26)13-12(7)20(31)29(21(13)32)4-2-1-3-11(24(35)36)30-22(33)14-9-6-10(15(14)23(30)34)19(28)18(9)27/h7-19H,1-6H2,(H,35,36)/t7-,8-,9-,10-,11+,12-,13+,14-,15-,16-,17+,18-,19+/m1/s1. The van der Waals surface area contributed by atoms with E-state index < -0.39 is 23.8 Å². The van der Waals surface area contributed by atoms with E-state index >= 15 is 0 Å². The minimum Gasteiger partial charge on any atom is -0.480 e. The van der Waals surface area contributed by atoms with E-state index in [4.69, 9.17) is 0 Å². The third kappa shape index (κ3) is 3.41. The second kappa shape index (κ2) is 9.11. The van der Waals surface area contributed by atoms with Gasteiger partial charge in [0.1, 0.15) is 6.04 Å². The number of fused-ring (bicyclic) bond motifs is 10. The molecule has 6 aliphatic rings. The van der Waals surface area contributed by atoms with Crippen LogP contribution >= 0.6 is 63.7 Å². The van der Waals surface area contributed by atoms with Gasteiger partial charge in [0.2, 0.25) is 23.6 Å². The Kier molecular flexibility index (Phi) is 6.56. The predicted octanol–water partition coefficient (Wildman–Crippen LogP) is 3.17. The minimum absolute atomic E-state index is 0.0282. The molecular formula is C24H26Br4N2O6. The molecule has 0 aromatic rings. The first kappa shape index (κ1) is 25.9. The number of carbonyl (C=O) groups excluding carboxylic acids is 4. The van der Waals surface area contributed by atoms with E-state index in [2.05, 4.69) is 63.7 Å². The summed E-state index contributed by atoms with van der Waals surface area (Å²) in [6.07, 6.45) is 2.60. The number of rotatable bonds is 7. The van der Waals surface area contributed by atoms with Gasteiger partial charge in [0, 0.05) is 25.9 Å². The molecule has 4 amide bonds. The molecule has 8 nitrogen and oxygen atoms in total. The molecule has 1 N–H and O–H groups in total. The highest BCUT2D eigenvalue weighted by Gasteiger charge is 2.68. The van der Waals surface area contributed by atoms with Crippen LogP contribution in [0.1, 0.15) is 32.1 Å². The van der Waals surface area contributed by atoms with Gasteiger partial charge in [-0.25, -0.2) is 4.79 Å². The van der Waals surface area contributed by atoms with Gasteiger partial charge >= 0.3 is 5.97 Å². The molecular weight excluding hydrogens is 732 g/mol. The number of amides is 4. The Hall–Kier alpha value is -0.330. The molecule has 6 rings (SSSR count). The number of carboxylic acid groups (broad SMARTS) is 1. The van der Waals surface area contributed by atoms with Gasteiger partial charge in [0.15, 0.2) is 0 Å². The fourth-order valence-corrected chi connectivity index (χ4v) is 12.0. The van der Waals surface area contributed by atoms with Gasteiger partial charge in [-0.1, -0.05) is 63.7 Å². The Morgan fingerprint density at radius 2 is 1.11 bits per heavy atom. The van der Waals surface area contributed by atoms with Crippen molar-refractivity contribution < 1.29 is 29.1 Å². The zero-order valence-corrected chi connectivity index (χ0v) is 25.5. The Morgan fingerprint density at radius 3 is 1.50 bits per heavy atom. The van der Waals surface area contributed by atoms with Crippen molar-refractivity contribution in [3.05, 3.63) is 0 Å². The fourth-order valence-electron chi connectivity index (χ4n) is 8.28. The second-order valence-electron chi connectivity index (χ2n) is 11.2. The van der Waals surface area contributed by atoms with E-state index in [1.54, 1.807) is 0 Å². The van der Waals surface area contributed by atoms with E-state index in [0.717, 1.165) is 17.7 Å². The van der Waals surface area contributed by atoms with Gasteiger partial charge in [-0.3, -0.25) is 29.0 Å². The summed E-state index contributed by atoms with van der Waals surface area (Å²) in [4.78, 5) is 67.7. The van der Waals surface area contributed by atoms with Crippen LogP contribution in [0.2, 0.25) is 0 Å². The topological polar surface area (TPSA) is 112 Å². The zero-order valence-electron chi connectivity index (χ0n) is 19.1. The second-order valence-corrected chi connectivity index (χ2v) is 15.5. The summed E-state index contributed by atoms with van der Waals surface area (Å²) >= 11 is 14.7. The maximum atomic E-state index is 13.2. The van der Waals surface area contributed by atoms with Crippen LogP contribution in [0.5, 0.6) is 0 Å². The van der Waals surface area contributed by atoms with Crippen LogP contribution in [0.25, 0.3) is 0 Å². The number of hydrogen-bond donors (Lipinski definition) is 1. The highest BCUT2D eigenvalue weighted by atomic mass is 79.9. The lowest BCUT2D eigenvalue weighted by atomic mass is 9.81. The summed E-state index contributed by atoms with van der Waals surface area (Å²) in [6, 6.07) is -1.22.